The van der Waals surface area contributed by atoms with Crippen molar-refractivity contribution in [2.75, 3.05) is 7.05 Å². The van der Waals surface area contributed by atoms with Gasteiger partial charge in [-0.2, -0.15) is 13.1 Å². The monoisotopic (exact) mass is 361 g/mol. The fourth-order valence-corrected chi connectivity index (χ4v) is 3.39. The number of nitrogens with zero attached hydrogens (tertiary/aromatic N) is 1. The van der Waals surface area contributed by atoms with Gasteiger partial charge in [-0.25, -0.2) is 8.42 Å². The van der Waals surface area contributed by atoms with E-state index < -0.39 is 16.6 Å². The van der Waals surface area contributed by atoms with Crippen molar-refractivity contribution in [1.29, 1.82) is 0 Å². The van der Waals surface area contributed by atoms with Gasteiger partial charge in [0.25, 0.3) is 0 Å². The molecule has 0 aliphatic rings. The van der Waals surface area contributed by atoms with E-state index in [9.17, 15) is 17.2 Å². The van der Waals surface area contributed by atoms with Gasteiger partial charge in [-0.1, -0.05) is 29.8 Å². The van der Waals surface area contributed by atoms with Gasteiger partial charge in [-0.15, -0.1) is 0 Å². The maximum absolute atomic E-state index is 12.4. The number of hydrogen-bond donors (Lipinski definition) is 0. The fraction of sp³-hybridized carbons (Fsp3) is 0.200. The second kappa shape index (κ2) is 7.25. The van der Waals surface area contributed by atoms with Crippen molar-refractivity contribution >= 4 is 21.6 Å². The summed E-state index contributed by atoms with van der Waals surface area (Å²) in [5, 5.41) is 0.327. The largest absolute Gasteiger partial charge is 0.435 e. The number of halogens is 3. The van der Waals surface area contributed by atoms with Crippen LogP contribution in [0.15, 0.2) is 53.4 Å². The quantitative estimate of drug-likeness (QED) is 0.787. The normalized spacial score (nSPS) is 11.9. The van der Waals surface area contributed by atoms with Crippen molar-refractivity contribution in [3.8, 4) is 5.75 Å². The van der Waals surface area contributed by atoms with Crippen LogP contribution in [0, 0.1) is 0 Å². The topological polar surface area (TPSA) is 46.6 Å². The summed E-state index contributed by atoms with van der Waals surface area (Å²) in [5.74, 6) is 0.0177. The molecule has 23 heavy (non-hydrogen) atoms. The van der Waals surface area contributed by atoms with Crippen LogP contribution in [0.5, 0.6) is 5.75 Å². The molecule has 0 amide bonds. The highest BCUT2D eigenvalue weighted by Crippen LogP contribution is 2.21. The minimum atomic E-state index is -3.69. The van der Waals surface area contributed by atoms with Crippen molar-refractivity contribution in [3.05, 3.63) is 59.1 Å². The van der Waals surface area contributed by atoms with Crippen LogP contribution < -0.4 is 4.74 Å². The van der Waals surface area contributed by atoms with Crippen LogP contribution in [-0.2, 0) is 16.6 Å². The average molecular weight is 362 g/mol. The summed E-state index contributed by atoms with van der Waals surface area (Å²) >= 11 is 5.82. The van der Waals surface area contributed by atoms with Crippen molar-refractivity contribution in [3.63, 3.8) is 0 Å². The van der Waals surface area contributed by atoms with Gasteiger partial charge in [-0.3, -0.25) is 0 Å². The summed E-state index contributed by atoms with van der Waals surface area (Å²) < 4.78 is 54.5. The molecule has 0 aliphatic carbocycles. The Kier molecular flexibility index (Phi) is 5.56. The lowest BCUT2D eigenvalue weighted by molar-refractivity contribution is -0.0498. The van der Waals surface area contributed by atoms with E-state index in [2.05, 4.69) is 4.74 Å². The van der Waals surface area contributed by atoms with Crippen molar-refractivity contribution in [2.24, 2.45) is 0 Å². The number of benzene rings is 2. The zero-order valence-corrected chi connectivity index (χ0v) is 13.7. The molecule has 0 aliphatic heterocycles. The highest BCUT2D eigenvalue weighted by atomic mass is 35.5. The second-order valence-corrected chi connectivity index (χ2v) is 7.22. The molecule has 0 saturated heterocycles. The third-order valence-electron chi connectivity index (χ3n) is 3.06. The first-order valence-electron chi connectivity index (χ1n) is 6.55. The summed E-state index contributed by atoms with van der Waals surface area (Å²) in [6, 6.07) is 11.7. The molecule has 0 aromatic heterocycles. The molecular weight excluding hydrogens is 348 g/mol. The zero-order valence-electron chi connectivity index (χ0n) is 12.1. The van der Waals surface area contributed by atoms with Gasteiger partial charge in [0.2, 0.25) is 10.0 Å². The van der Waals surface area contributed by atoms with E-state index in [1.54, 1.807) is 12.1 Å². The lowest BCUT2D eigenvalue weighted by Gasteiger charge is -2.17. The Morgan fingerprint density at radius 1 is 1.17 bits per heavy atom. The minimum absolute atomic E-state index is 0.0177. The molecule has 8 heteroatoms. The van der Waals surface area contributed by atoms with Crippen LogP contribution in [0.4, 0.5) is 8.78 Å². The standard InChI is InChI=1S/C15H14ClF2NO3S/c1-19(23(20,21)14-4-2-3-12(16)9-14)10-11-5-7-13(8-6-11)22-15(17)18/h2-9,15H,10H2,1H3. The molecular formula is C15H14ClF2NO3S. The minimum Gasteiger partial charge on any atom is -0.435 e. The van der Waals surface area contributed by atoms with Crippen LogP contribution in [0.3, 0.4) is 0 Å². The second-order valence-electron chi connectivity index (χ2n) is 4.74. The summed E-state index contributed by atoms with van der Waals surface area (Å²) in [6.07, 6.45) is 0. The first kappa shape index (κ1) is 17.7. The maximum atomic E-state index is 12.4. The summed E-state index contributed by atoms with van der Waals surface area (Å²) in [7, 11) is -2.26. The van der Waals surface area contributed by atoms with E-state index in [-0.39, 0.29) is 17.2 Å². The third-order valence-corrected chi connectivity index (χ3v) is 5.09. The summed E-state index contributed by atoms with van der Waals surface area (Å²) in [4.78, 5) is 0.0881. The first-order valence-corrected chi connectivity index (χ1v) is 8.36. The van der Waals surface area contributed by atoms with E-state index in [0.717, 1.165) is 4.31 Å². The van der Waals surface area contributed by atoms with Crippen molar-refractivity contribution in [2.45, 2.75) is 18.1 Å². The van der Waals surface area contributed by atoms with Crippen LogP contribution >= 0.6 is 11.6 Å². The number of alkyl halides is 2. The molecule has 0 bridgehead atoms. The highest BCUT2D eigenvalue weighted by Gasteiger charge is 2.21. The van der Waals surface area contributed by atoms with Gasteiger partial charge in [0.15, 0.2) is 0 Å². The highest BCUT2D eigenvalue weighted by molar-refractivity contribution is 7.89. The summed E-state index contributed by atoms with van der Waals surface area (Å²) in [5.41, 5.74) is 0.639. The van der Waals surface area contributed by atoms with Crippen molar-refractivity contribution in [1.82, 2.24) is 4.31 Å². The molecule has 0 fully saturated rings. The van der Waals surface area contributed by atoms with E-state index in [0.29, 0.717) is 10.6 Å². The Bertz CT molecular complexity index is 767. The van der Waals surface area contributed by atoms with E-state index >= 15 is 0 Å². The predicted molar refractivity (Wildman–Crippen MR) is 83.2 cm³/mol. The number of rotatable bonds is 6. The Labute approximate surface area is 138 Å². The Morgan fingerprint density at radius 2 is 1.83 bits per heavy atom. The molecule has 2 aromatic carbocycles. The van der Waals surface area contributed by atoms with Gasteiger partial charge < -0.3 is 4.74 Å². The number of ether oxygens (including phenoxy) is 1. The smallest absolute Gasteiger partial charge is 0.387 e. The Morgan fingerprint density at radius 3 is 2.39 bits per heavy atom. The SMILES string of the molecule is CN(Cc1ccc(OC(F)F)cc1)S(=O)(=O)c1cccc(Cl)c1. The molecule has 124 valence electrons. The summed E-state index contributed by atoms with van der Waals surface area (Å²) in [6.45, 7) is -2.81. The van der Waals surface area contributed by atoms with E-state index in [1.807, 2.05) is 0 Å². The average Bonchev–Trinajstić information content (AvgIpc) is 2.48. The molecule has 0 atom stereocenters. The molecule has 2 rings (SSSR count). The first-order chi connectivity index (χ1) is 10.8. The van der Waals surface area contributed by atoms with Gasteiger partial charge in [-0.05, 0) is 35.9 Å². The van der Waals surface area contributed by atoms with Crippen LogP contribution in [-0.4, -0.2) is 26.4 Å². The third kappa shape index (κ3) is 4.63. The van der Waals surface area contributed by atoms with E-state index in [4.69, 9.17) is 11.6 Å². The number of hydrogen-bond acceptors (Lipinski definition) is 3. The van der Waals surface area contributed by atoms with Crippen LogP contribution in [0.2, 0.25) is 5.02 Å². The molecule has 0 spiro atoms. The Hall–Kier alpha value is -1.70. The lowest BCUT2D eigenvalue weighted by atomic mass is 10.2. The van der Waals surface area contributed by atoms with Gasteiger partial charge >= 0.3 is 6.61 Å². The molecule has 0 unspecified atom stereocenters. The fourth-order valence-electron chi connectivity index (χ4n) is 1.93. The van der Waals surface area contributed by atoms with Gasteiger partial charge in [0.05, 0.1) is 4.90 Å². The van der Waals surface area contributed by atoms with Gasteiger partial charge in [0, 0.05) is 18.6 Å². The molecule has 0 radical (unpaired) electrons. The molecule has 0 heterocycles. The molecule has 2 aromatic rings. The molecule has 0 saturated carbocycles. The zero-order chi connectivity index (χ0) is 17.0. The van der Waals surface area contributed by atoms with E-state index in [1.165, 1.54) is 43.4 Å². The molecule has 4 nitrogen and oxygen atoms in total. The lowest BCUT2D eigenvalue weighted by Crippen LogP contribution is -2.26. The number of sulfonamides is 1. The van der Waals surface area contributed by atoms with Gasteiger partial charge in [0.1, 0.15) is 5.75 Å². The van der Waals surface area contributed by atoms with Crippen molar-refractivity contribution < 1.29 is 21.9 Å². The van der Waals surface area contributed by atoms with Crippen LogP contribution in [0.25, 0.3) is 0 Å². The molecule has 0 N–H and O–H groups in total. The predicted octanol–water partition coefficient (Wildman–Crippen LogP) is 3.76. The Balaban J connectivity index is 2.13. The maximum Gasteiger partial charge on any atom is 0.387 e. The van der Waals surface area contributed by atoms with Crippen LogP contribution in [0.1, 0.15) is 5.56 Å².